The maximum Gasteiger partial charge on any atom is 0.241 e. The summed E-state index contributed by atoms with van der Waals surface area (Å²) < 4.78 is 30.1. The van der Waals surface area contributed by atoms with Gasteiger partial charge in [-0.25, -0.2) is 18.1 Å². The zero-order valence-electron chi connectivity index (χ0n) is 15.8. The van der Waals surface area contributed by atoms with Crippen molar-refractivity contribution < 1.29 is 8.42 Å². The summed E-state index contributed by atoms with van der Waals surface area (Å²) in [5.41, 5.74) is 3.03. The maximum absolute atomic E-state index is 12.7. The van der Waals surface area contributed by atoms with E-state index in [0.29, 0.717) is 5.92 Å². The fourth-order valence-electron chi connectivity index (χ4n) is 2.93. The molecule has 0 aliphatic carbocycles. The molecule has 0 spiro atoms. The van der Waals surface area contributed by atoms with Gasteiger partial charge in [0.2, 0.25) is 10.0 Å². The summed E-state index contributed by atoms with van der Waals surface area (Å²) in [5, 5.41) is 0. The van der Waals surface area contributed by atoms with Crippen LogP contribution in [0.1, 0.15) is 50.3 Å². The Balaban J connectivity index is 1.73. The summed E-state index contributed by atoms with van der Waals surface area (Å²) in [4.78, 5) is 4.32. The molecule has 0 radical (unpaired) electrons. The molecule has 27 heavy (non-hydrogen) atoms. The molecule has 2 aromatic carbocycles. The van der Waals surface area contributed by atoms with Crippen molar-refractivity contribution in [2.24, 2.45) is 0 Å². The SMILES string of the molecule is CC[C@@H](C)c1ccc(S(=O)(=O)N[C@H](C)c2ccc(-n3ccnc3)cc2)cc1. The molecule has 0 bridgehead atoms. The maximum atomic E-state index is 12.7. The fraction of sp³-hybridized carbons (Fsp3) is 0.286. The monoisotopic (exact) mass is 383 g/mol. The van der Waals surface area contributed by atoms with Crippen molar-refractivity contribution in [1.29, 1.82) is 0 Å². The quantitative estimate of drug-likeness (QED) is 0.657. The fourth-order valence-corrected chi connectivity index (χ4v) is 4.16. The Hall–Kier alpha value is -2.44. The van der Waals surface area contributed by atoms with Gasteiger partial charge in [-0.3, -0.25) is 0 Å². The largest absolute Gasteiger partial charge is 0.306 e. The van der Waals surface area contributed by atoms with E-state index in [1.807, 2.05) is 54.1 Å². The second kappa shape index (κ2) is 8.06. The molecule has 1 N–H and O–H groups in total. The number of rotatable bonds is 7. The summed E-state index contributed by atoms with van der Waals surface area (Å²) in [6.07, 6.45) is 6.34. The van der Waals surface area contributed by atoms with E-state index in [4.69, 9.17) is 0 Å². The van der Waals surface area contributed by atoms with E-state index >= 15 is 0 Å². The molecular weight excluding hydrogens is 358 g/mol. The van der Waals surface area contributed by atoms with E-state index in [2.05, 4.69) is 23.6 Å². The first-order valence-electron chi connectivity index (χ1n) is 9.11. The second-order valence-electron chi connectivity index (χ2n) is 6.78. The Morgan fingerprint density at radius 2 is 1.63 bits per heavy atom. The lowest BCUT2D eigenvalue weighted by Gasteiger charge is -2.16. The Kier molecular flexibility index (Phi) is 5.77. The first-order valence-corrected chi connectivity index (χ1v) is 10.6. The summed E-state index contributed by atoms with van der Waals surface area (Å²) in [6.45, 7) is 6.10. The molecule has 0 aliphatic rings. The molecule has 3 aromatic rings. The Morgan fingerprint density at radius 1 is 1.00 bits per heavy atom. The van der Waals surface area contributed by atoms with Gasteiger partial charge in [-0.1, -0.05) is 38.1 Å². The first-order chi connectivity index (χ1) is 12.9. The number of imidazole rings is 1. The van der Waals surface area contributed by atoms with Gasteiger partial charge in [-0.2, -0.15) is 0 Å². The molecule has 3 rings (SSSR count). The number of nitrogens with one attached hydrogen (secondary N) is 1. The van der Waals surface area contributed by atoms with Crippen molar-refractivity contribution >= 4 is 10.0 Å². The molecule has 1 heterocycles. The van der Waals surface area contributed by atoms with Gasteiger partial charge >= 0.3 is 0 Å². The van der Waals surface area contributed by atoms with Crippen molar-refractivity contribution in [2.45, 2.75) is 44.0 Å². The molecule has 0 unspecified atom stereocenters. The van der Waals surface area contributed by atoms with Gasteiger partial charge < -0.3 is 4.57 Å². The van der Waals surface area contributed by atoms with Crippen LogP contribution < -0.4 is 4.72 Å². The third-order valence-electron chi connectivity index (χ3n) is 4.90. The van der Waals surface area contributed by atoms with Crippen LogP contribution >= 0.6 is 0 Å². The second-order valence-corrected chi connectivity index (χ2v) is 8.50. The minimum absolute atomic E-state index is 0.288. The summed E-state index contributed by atoms with van der Waals surface area (Å²) in [5.74, 6) is 0.419. The molecule has 142 valence electrons. The van der Waals surface area contributed by atoms with Gasteiger partial charge in [-0.15, -0.1) is 0 Å². The lowest BCUT2D eigenvalue weighted by Crippen LogP contribution is -2.26. The minimum atomic E-state index is -3.58. The average Bonchev–Trinajstić information content (AvgIpc) is 3.22. The van der Waals surface area contributed by atoms with Crippen LogP contribution in [-0.2, 0) is 10.0 Å². The van der Waals surface area contributed by atoms with Crippen molar-refractivity contribution in [3.8, 4) is 5.69 Å². The van der Waals surface area contributed by atoms with Crippen LogP contribution in [0.25, 0.3) is 5.69 Å². The summed E-state index contributed by atoms with van der Waals surface area (Å²) >= 11 is 0. The van der Waals surface area contributed by atoms with Crippen LogP contribution in [-0.4, -0.2) is 18.0 Å². The zero-order chi connectivity index (χ0) is 19.4. The Labute approximate surface area is 161 Å². The van der Waals surface area contributed by atoms with Gasteiger partial charge in [0.05, 0.1) is 11.2 Å². The number of benzene rings is 2. The standard InChI is InChI=1S/C21H25N3O2S/c1-4-16(2)18-7-11-21(12-8-18)27(25,26)23-17(3)19-5-9-20(10-6-19)24-14-13-22-15-24/h5-17,23H,4H2,1-3H3/t16-,17-/m1/s1. The minimum Gasteiger partial charge on any atom is -0.306 e. The highest BCUT2D eigenvalue weighted by Crippen LogP contribution is 2.22. The smallest absolute Gasteiger partial charge is 0.241 e. The molecule has 6 heteroatoms. The topological polar surface area (TPSA) is 64.0 Å². The van der Waals surface area contributed by atoms with Gasteiger partial charge in [0.25, 0.3) is 0 Å². The van der Waals surface area contributed by atoms with E-state index in [1.54, 1.807) is 24.7 Å². The van der Waals surface area contributed by atoms with Crippen LogP contribution in [0.2, 0.25) is 0 Å². The number of sulfonamides is 1. The predicted octanol–water partition coefficient (Wildman–Crippen LogP) is 4.43. The highest BCUT2D eigenvalue weighted by molar-refractivity contribution is 7.89. The summed E-state index contributed by atoms with van der Waals surface area (Å²) in [7, 11) is -3.58. The highest BCUT2D eigenvalue weighted by Gasteiger charge is 2.18. The lowest BCUT2D eigenvalue weighted by atomic mass is 9.99. The lowest BCUT2D eigenvalue weighted by molar-refractivity contribution is 0.567. The van der Waals surface area contributed by atoms with E-state index < -0.39 is 10.0 Å². The van der Waals surface area contributed by atoms with Crippen molar-refractivity contribution in [2.75, 3.05) is 0 Å². The molecule has 5 nitrogen and oxygen atoms in total. The third-order valence-corrected chi connectivity index (χ3v) is 6.46. The molecular formula is C21H25N3O2S. The Bertz CT molecular complexity index is 963. The van der Waals surface area contributed by atoms with Crippen molar-refractivity contribution in [3.05, 3.63) is 78.4 Å². The van der Waals surface area contributed by atoms with E-state index in [-0.39, 0.29) is 10.9 Å². The number of hydrogen-bond donors (Lipinski definition) is 1. The molecule has 1 aromatic heterocycles. The molecule has 0 aliphatic heterocycles. The van der Waals surface area contributed by atoms with E-state index in [0.717, 1.165) is 23.2 Å². The van der Waals surface area contributed by atoms with Crippen LogP contribution in [0.15, 0.2) is 72.1 Å². The zero-order valence-corrected chi connectivity index (χ0v) is 16.6. The van der Waals surface area contributed by atoms with Crippen LogP contribution in [0, 0.1) is 0 Å². The van der Waals surface area contributed by atoms with Gasteiger partial charge in [-0.05, 0) is 54.7 Å². The predicted molar refractivity (Wildman–Crippen MR) is 107 cm³/mol. The number of aromatic nitrogens is 2. The Morgan fingerprint density at radius 3 is 2.19 bits per heavy atom. The first kappa shape index (κ1) is 19.3. The third kappa shape index (κ3) is 4.46. The van der Waals surface area contributed by atoms with Crippen LogP contribution in [0.3, 0.4) is 0 Å². The van der Waals surface area contributed by atoms with E-state index in [1.165, 1.54) is 0 Å². The normalized spacial score (nSPS) is 14.0. The van der Waals surface area contributed by atoms with Crippen molar-refractivity contribution in [3.63, 3.8) is 0 Å². The average molecular weight is 384 g/mol. The van der Waals surface area contributed by atoms with Crippen LogP contribution in [0.5, 0.6) is 0 Å². The summed E-state index contributed by atoms with van der Waals surface area (Å²) in [6, 6.07) is 14.6. The van der Waals surface area contributed by atoms with Gasteiger partial charge in [0.15, 0.2) is 0 Å². The molecule has 0 saturated heterocycles. The molecule has 2 atom stereocenters. The molecule has 0 amide bonds. The molecule has 0 saturated carbocycles. The van der Waals surface area contributed by atoms with Crippen molar-refractivity contribution in [1.82, 2.24) is 14.3 Å². The van der Waals surface area contributed by atoms with E-state index in [9.17, 15) is 8.42 Å². The van der Waals surface area contributed by atoms with Gasteiger partial charge in [0.1, 0.15) is 0 Å². The van der Waals surface area contributed by atoms with Gasteiger partial charge in [0, 0.05) is 24.1 Å². The molecule has 0 fully saturated rings. The number of hydrogen-bond acceptors (Lipinski definition) is 3. The van der Waals surface area contributed by atoms with Crippen LogP contribution in [0.4, 0.5) is 0 Å². The highest BCUT2D eigenvalue weighted by atomic mass is 32.2. The number of nitrogens with zero attached hydrogens (tertiary/aromatic N) is 2.